The first kappa shape index (κ1) is 22.2. The summed E-state index contributed by atoms with van der Waals surface area (Å²) in [4.78, 5) is 24.1. The third kappa shape index (κ3) is 7.52. The van der Waals surface area contributed by atoms with Gasteiger partial charge in [-0.25, -0.2) is 4.79 Å². The minimum atomic E-state index is -0.634. The fourth-order valence-corrected chi connectivity index (χ4v) is 2.00. The van der Waals surface area contributed by atoms with Gasteiger partial charge in [0, 0.05) is 26.4 Å². The normalized spacial score (nSPS) is 10.0. The van der Waals surface area contributed by atoms with Crippen molar-refractivity contribution < 1.29 is 33.3 Å². The number of nitrogens with zero attached hydrogens (tertiary/aromatic N) is 1. The van der Waals surface area contributed by atoms with Crippen LogP contribution in [0.4, 0.5) is 5.69 Å². The first-order chi connectivity index (χ1) is 13.1. The number of ether oxygens (including phenoxy) is 5. The Bertz CT molecular complexity index is 670. The molecule has 1 amide bonds. The molecular weight excluding hydrogens is 356 g/mol. The van der Waals surface area contributed by atoms with E-state index in [-0.39, 0.29) is 37.5 Å². The molecule has 0 saturated heterocycles. The van der Waals surface area contributed by atoms with Gasteiger partial charge < -0.3 is 29.0 Å². The van der Waals surface area contributed by atoms with Crippen LogP contribution < -0.4 is 14.8 Å². The summed E-state index contributed by atoms with van der Waals surface area (Å²) in [6.07, 6.45) is -0.353. The molecule has 0 atom stereocenters. The molecule has 148 valence electrons. The second-order valence-corrected chi connectivity index (χ2v) is 5.13. The van der Waals surface area contributed by atoms with Crippen LogP contribution in [0.2, 0.25) is 0 Å². The lowest BCUT2D eigenvalue weighted by atomic mass is 10.1. The Morgan fingerprint density at radius 2 is 1.63 bits per heavy atom. The van der Waals surface area contributed by atoms with Gasteiger partial charge in [0.15, 0.2) is 11.5 Å². The number of methoxy groups -OCH3 is 2. The fourth-order valence-electron chi connectivity index (χ4n) is 2.00. The molecule has 0 radical (unpaired) electrons. The Balaban J connectivity index is 3.25. The van der Waals surface area contributed by atoms with Crippen molar-refractivity contribution in [3.63, 3.8) is 0 Å². The molecule has 9 nitrogen and oxygen atoms in total. The van der Waals surface area contributed by atoms with Gasteiger partial charge in [0.2, 0.25) is 5.91 Å². The van der Waals surface area contributed by atoms with Gasteiger partial charge in [-0.1, -0.05) is 0 Å². The van der Waals surface area contributed by atoms with E-state index in [0.29, 0.717) is 24.7 Å². The summed E-state index contributed by atoms with van der Waals surface area (Å²) in [6, 6.07) is 4.64. The van der Waals surface area contributed by atoms with E-state index < -0.39 is 11.9 Å². The molecule has 0 aromatic heterocycles. The van der Waals surface area contributed by atoms with Gasteiger partial charge in [-0.05, 0) is 6.92 Å². The Hall–Kier alpha value is -2.83. The highest BCUT2D eigenvalue weighted by Crippen LogP contribution is 2.34. The number of carbonyl (C=O) groups excluding carboxylic acids is 2. The Kier molecular flexibility index (Phi) is 10.3. The third-order valence-electron chi connectivity index (χ3n) is 3.18. The predicted molar refractivity (Wildman–Crippen MR) is 96.0 cm³/mol. The highest BCUT2D eigenvalue weighted by atomic mass is 16.6. The number of nitrogens with one attached hydrogen (secondary N) is 1. The first-order valence-electron chi connectivity index (χ1n) is 8.32. The van der Waals surface area contributed by atoms with E-state index in [1.165, 1.54) is 26.4 Å². The number of carbonyl (C=O) groups is 2. The molecule has 9 heteroatoms. The van der Waals surface area contributed by atoms with Crippen LogP contribution in [0.25, 0.3) is 0 Å². The first-order valence-corrected chi connectivity index (χ1v) is 8.32. The van der Waals surface area contributed by atoms with Gasteiger partial charge in [-0.2, -0.15) is 5.26 Å². The van der Waals surface area contributed by atoms with Crippen LogP contribution in [0.5, 0.6) is 11.5 Å². The number of rotatable bonds is 12. The number of nitriles is 1. The number of hydrogen-bond donors (Lipinski definition) is 1. The fraction of sp³-hybridized carbons (Fsp3) is 0.500. The largest absolute Gasteiger partial charge is 0.487 e. The summed E-state index contributed by atoms with van der Waals surface area (Å²) in [5.74, 6) is -0.586. The zero-order chi connectivity index (χ0) is 20.1. The summed E-state index contributed by atoms with van der Waals surface area (Å²) in [5, 5.41) is 11.2. The zero-order valence-corrected chi connectivity index (χ0v) is 15.7. The standard InChI is InChI=1S/C18H24N2O7/c1-4-25-18(22)13-11-15(26-9-7-23-2)16(27-10-8-24-3)12-14(13)20-17(21)5-6-19/h11-12H,4-5,7-10H2,1-3H3,(H,20,21). The lowest BCUT2D eigenvalue weighted by molar-refractivity contribution is -0.115. The zero-order valence-electron chi connectivity index (χ0n) is 15.7. The SMILES string of the molecule is CCOC(=O)c1cc(OCCOC)c(OCCOC)cc1NC(=O)CC#N. The van der Waals surface area contributed by atoms with Crippen molar-refractivity contribution in [2.75, 3.05) is 52.6 Å². The maximum atomic E-state index is 12.3. The Morgan fingerprint density at radius 1 is 1.04 bits per heavy atom. The molecule has 27 heavy (non-hydrogen) atoms. The van der Waals surface area contributed by atoms with Crippen molar-refractivity contribution in [2.24, 2.45) is 0 Å². The van der Waals surface area contributed by atoms with Gasteiger partial charge in [-0.3, -0.25) is 4.79 Å². The molecule has 0 aliphatic rings. The van der Waals surface area contributed by atoms with Gasteiger partial charge in [0.25, 0.3) is 0 Å². The molecule has 0 saturated carbocycles. The highest BCUT2D eigenvalue weighted by molar-refractivity contribution is 6.02. The van der Waals surface area contributed by atoms with Gasteiger partial charge in [0.1, 0.15) is 19.6 Å². The summed E-state index contributed by atoms with van der Waals surface area (Å²) < 4.78 is 26.2. The van der Waals surface area contributed by atoms with E-state index in [1.807, 2.05) is 0 Å². The van der Waals surface area contributed by atoms with Crippen LogP contribution in [-0.2, 0) is 19.0 Å². The van der Waals surface area contributed by atoms with E-state index in [4.69, 9.17) is 28.9 Å². The molecule has 1 aromatic carbocycles. The molecule has 0 bridgehead atoms. The minimum absolute atomic E-state index is 0.0923. The van der Waals surface area contributed by atoms with Crippen molar-refractivity contribution >= 4 is 17.6 Å². The maximum absolute atomic E-state index is 12.3. The van der Waals surface area contributed by atoms with Crippen LogP contribution in [0, 0.1) is 11.3 Å². The maximum Gasteiger partial charge on any atom is 0.340 e. The van der Waals surface area contributed by atoms with Gasteiger partial charge in [-0.15, -0.1) is 0 Å². The predicted octanol–water partition coefficient (Wildman–Crippen LogP) is 1.77. The Labute approximate surface area is 158 Å². The highest BCUT2D eigenvalue weighted by Gasteiger charge is 2.20. The van der Waals surface area contributed by atoms with Crippen molar-refractivity contribution in [1.29, 1.82) is 5.26 Å². The molecule has 0 fully saturated rings. The third-order valence-corrected chi connectivity index (χ3v) is 3.18. The minimum Gasteiger partial charge on any atom is -0.487 e. The summed E-state index contributed by atoms with van der Waals surface area (Å²) in [6.45, 7) is 2.99. The molecule has 0 unspecified atom stereocenters. The monoisotopic (exact) mass is 380 g/mol. The van der Waals surface area contributed by atoms with Crippen LogP contribution in [0.15, 0.2) is 12.1 Å². The molecule has 1 rings (SSSR count). The Morgan fingerprint density at radius 3 is 2.15 bits per heavy atom. The molecule has 0 spiro atoms. The number of benzene rings is 1. The second kappa shape index (κ2) is 12.5. The molecule has 0 aliphatic heterocycles. The van der Waals surface area contributed by atoms with E-state index in [9.17, 15) is 9.59 Å². The number of amides is 1. The van der Waals surface area contributed by atoms with E-state index in [1.54, 1.807) is 13.0 Å². The second-order valence-electron chi connectivity index (χ2n) is 5.13. The lowest BCUT2D eigenvalue weighted by Crippen LogP contribution is -2.16. The lowest BCUT2D eigenvalue weighted by Gasteiger charge is -2.17. The molecule has 0 aliphatic carbocycles. The van der Waals surface area contributed by atoms with E-state index in [0.717, 1.165) is 0 Å². The average Bonchev–Trinajstić information content (AvgIpc) is 2.63. The molecular formula is C18H24N2O7. The number of anilines is 1. The van der Waals surface area contributed by atoms with Gasteiger partial charge >= 0.3 is 5.97 Å². The van der Waals surface area contributed by atoms with Crippen molar-refractivity contribution in [1.82, 2.24) is 0 Å². The molecule has 1 N–H and O–H groups in total. The van der Waals surface area contributed by atoms with Crippen molar-refractivity contribution in [3.05, 3.63) is 17.7 Å². The smallest absolute Gasteiger partial charge is 0.340 e. The van der Waals surface area contributed by atoms with Crippen LogP contribution in [-0.4, -0.2) is 59.1 Å². The van der Waals surface area contributed by atoms with E-state index >= 15 is 0 Å². The molecule has 1 aromatic rings. The summed E-state index contributed by atoms with van der Waals surface area (Å²) in [5.41, 5.74) is 0.259. The van der Waals surface area contributed by atoms with Crippen LogP contribution in [0.3, 0.4) is 0 Å². The quantitative estimate of drug-likeness (QED) is 0.431. The van der Waals surface area contributed by atoms with Crippen LogP contribution >= 0.6 is 0 Å². The van der Waals surface area contributed by atoms with Gasteiger partial charge in [0.05, 0.1) is 37.1 Å². The van der Waals surface area contributed by atoms with E-state index in [2.05, 4.69) is 5.32 Å². The number of esters is 1. The summed E-state index contributed by atoms with van der Waals surface area (Å²) >= 11 is 0. The van der Waals surface area contributed by atoms with Crippen LogP contribution in [0.1, 0.15) is 23.7 Å². The topological polar surface area (TPSA) is 116 Å². The van der Waals surface area contributed by atoms with Crippen molar-refractivity contribution in [2.45, 2.75) is 13.3 Å². The average molecular weight is 380 g/mol. The van der Waals surface area contributed by atoms with Crippen molar-refractivity contribution in [3.8, 4) is 17.6 Å². The summed E-state index contributed by atoms with van der Waals surface area (Å²) in [7, 11) is 3.08. The molecule has 0 heterocycles. The number of hydrogen-bond acceptors (Lipinski definition) is 8.